The Bertz CT molecular complexity index is 961. The van der Waals surface area contributed by atoms with Gasteiger partial charge >= 0.3 is 0 Å². The van der Waals surface area contributed by atoms with Gasteiger partial charge in [-0.25, -0.2) is 4.98 Å². The number of aryl methyl sites for hydroxylation is 2. The predicted octanol–water partition coefficient (Wildman–Crippen LogP) is 2.90. The molecule has 4 rings (SSSR count). The van der Waals surface area contributed by atoms with E-state index in [1.54, 1.807) is 12.4 Å². The third kappa shape index (κ3) is 2.81. The summed E-state index contributed by atoms with van der Waals surface area (Å²) < 4.78 is 2.05. The minimum absolute atomic E-state index is 0.129. The van der Waals surface area contributed by atoms with Crippen molar-refractivity contribution in [3.63, 3.8) is 0 Å². The van der Waals surface area contributed by atoms with Crippen LogP contribution < -0.4 is 5.32 Å². The fourth-order valence-corrected chi connectivity index (χ4v) is 3.23. The van der Waals surface area contributed by atoms with Crippen molar-refractivity contribution < 1.29 is 9.90 Å². The smallest absolute Gasteiger partial charge is 0.251 e. The van der Waals surface area contributed by atoms with Gasteiger partial charge in [0.1, 0.15) is 6.33 Å². The number of carbonyl (C=O) groups excluding carboxylic acids is 1. The molecule has 1 aliphatic carbocycles. The lowest BCUT2D eigenvalue weighted by molar-refractivity contribution is 0.0447. The van der Waals surface area contributed by atoms with Crippen LogP contribution in [0.4, 0.5) is 0 Å². The number of aliphatic hydroxyl groups excluding tert-OH is 1. The van der Waals surface area contributed by atoms with Gasteiger partial charge in [0.05, 0.1) is 28.9 Å². The van der Waals surface area contributed by atoms with E-state index in [0.717, 1.165) is 29.6 Å². The molecule has 25 heavy (non-hydrogen) atoms. The lowest BCUT2D eigenvalue weighted by atomic mass is 9.89. The first-order valence-corrected chi connectivity index (χ1v) is 8.56. The quantitative estimate of drug-likeness (QED) is 0.773. The van der Waals surface area contributed by atoms with Crippen molar-refractivity contribution in [2.45, 2.75) is 38.8 Å². The molecule has 5 heteroatoms. The molecule has 1 aromatic heterocycles. The lowest BCUT2D eigenvalue weighted by Crippen LogP contribution is -2.50. The first kappa shape index (κ1) is 15.8. The Labute approximate surface area is 146 Å². The third-order valence-electron chi connectivity index (χ3n) is 4.99. The normalized spacial score (nSPS) is 19.6. The van der Waals surface area contributed by atoms with E-state index < -0.39 is 6.10 Å². The molecule has 0 unspecified atom stereocenters. The van der Waals surface area contributed by atoms with Crippen LogP contribution >= 0.6 is 0 Å². The molecule has 5 nitrogen and oxygen atoms in total. The van der Waals surface area contributed by atoms with E-state index in [-0.39, 0.29) is 11.9 Å². The van der Waals surface area contributed by atoms with Gasteiger partial charge in [-0.05, 0) is 62.1 Å². The fraction of sp³-hybridized carbons (Fsp3) is 0.300. The summed E-state index contributed by atoms with van der Waals surface area (Å²) in [5, 5.41) is 12.5. The zero-order valence-corrected chi connectivity index (χ0v) is 14.4. The van der Waals surface area contributed by atoms with Gasteiger partial charge in [0, 0.05) is 5.56 Å². The fourth-order valence-electron chi connectivity index (χ4n) is 3.23. The van der Waals surface area contributed by atoms with Gasteiger partial charge in [-0.1, -0.05) is 12.1 Å². The highest BCUT2D eigenvalue weighted by Gasteiger charge is 2.30. The summed E-state index contributed by atoms with van der Waals surface area (Å²) in [5.74, 6) is -0.160. The van der Waals surface area contributed by atoms with E-state index >= 15 is 0 Å². The summed E-state index contributed by atoms with van der Waals surface area (Å²) in [6.45, 7) is 4.14. The Morgan fingerprint density at radius 3 is 2.76 bits per heavy atom. The standard InChI is InChI=1S/C20H21N3O2/c1-12-3-4-13(2)18(9-12)23-11-21-16-10-14(5-7-17(16)23)20(25)22-15-6-8-19(15)24/h3-5,7,9-11,15,19,24H,6,8H2,1-2H3,(H,22,25)/t15-,19-/m1/s1. The van der Waals surface area contributed by atoms with Crippen molar-refractivity contribution in [3.8, 4) is 5.69 Å². The zero-order valence-electron chi connectivity index (χ0n) is 14.4. The van der Waals surface area contributed by atoms with E-state index in [0.29, 0.717) is 5.56 Å². The summed E-state index contributed by atoms with van der Waals surface area (Å²) >= 11 is 0. The summed E-state index contributed by atoms with van der Waals surface area (Å²) in [6, 6.07) is 11.7. The van der Waals surface area contributed by atoms with Crippen LogP contribution in [-0.4, -0.2) is 32.7 Å². The second-order valence-corrected chi connectivity index (χ2v) is 6.83. The first-order valence-electron chi connectivity index (χ1n) is 8.56. The highest BCUT2D eigenvalue weighted by Crippen LogP contribution is 2.24. The average molecular weight is 335 g/mol. The maximum Gasteiger partial charge on any atom is 0.251 e. The molecule has 2 N–H and O–H groups in total. The molecule has 1 amide bonds. The van der Waals surface area contributed by atoms with Gasteiger partial charge in [0.15, 0.2) is 0 Å². The number of carbonyl (C=O) groups is 1. The van der Waals surface area contributed by atoms with Crippen LogP contribution in [0.1, 0.15) is 34.3 Å². The second-order valence-electron chi connectivity index (χ2n) is 6.83. The minimum atomic E-state index is -0.420. The van der Waals surface area contributed by atoms with Gasteiger partial charge < -0.3 is 10.4 Å². The molecule has 2 aromatic carbocycles. The Balaban J connectivity index is 1.67. The first-order chi connectivity index (χ1) is 12.0. The predicted molar refractivity (Wildman–Crippen MR) is 97.0 cm³/mol. The number of aliphatic hydroxyl groups is 1. The highest BCUT2D eigenvalue weighted by atomic mass is 16.3. The Morgan fingerprint density at radius 1 is 1.20 bits per heavy atom. The van der Waals surface area contributed by atoms with E-state index in [1.165, 1.54) is 11.1 Å². The van der Waals surface area contributed by atoms with Crippen LogP contribution in [0.5, 0.6) is 0 Å². The molecule has 1 heterocycles. The third-order valence-corrected chi connectivity index (χ3v) is 4.99. The maximum atomic E-state index is 12.4. The van der Waals surface area contributed by atoms with Crippen LogP contribution in [0, 0.1) is 13.8 Å². The van der Waals surface area contributed by atoms with E-state index in [9.17, 15) is 9.90 Å². The van der Waals surface area contributed by atoms with Crippen LogP contribution in [0.3, 0.4) is 0 Å². The topological polar surface area (TPSA) is 67.2 Å². The Kier molecular flexibility index (Phi) is 3.81. The number of hydrogen-bond acceptors (Lipinski definition) is 3. The summed E-state index contributed by atoms with van der Waals surface area (Å²) in [6.07, 6.45) is 2.96. The van der Waals surface area contributed by atoms with E-state index in [4.69, 9.17) is 0 Å². The highest BCUT2D eigenvalue weighted by molar-refractivity contribution is 5.97. The Morgan fingerprint density at radius 2 is 2.04 bits per heavy atom. The van der Waals surface area contributed by atoms with Gasteiger partial charge in [0.2, 0.25) is 0 Å². The molecular formula is C20H21N3O2. The maximum absolute atomic E-state index is 12.4. The molecule has 3 aromatic rings. The number of nitrogens with one attached hydrogen (secondary N) is 1. The number of fused-ring (bicyclic) bond motifs is 1. The van der Waals surface area contributed by atoms with Crippen molar-refractivity contribution >= 4 is 16.9 Å². The summed E-state index contributed by atoms with van der Waals surface area (Å²) in [4.78, 5) is 16.8. The molecule has 1 saturated carbocycles. The molecule has 1 aliphatic rings. The minimum Gasteiger partial charge on any atom is -0.391 e. The molecule has 128 valence electrons. The molecule has 0 radical (unpaired) electrons. The molecule has 0 saturated heterocycles. The number of rotatable bonds is 3. The van der Waals surface area contributed by atoms with Crippen LogP contribution in [0.15, 0.2) is 42.7 Å². The Hall–Kier alpha value is -2.66. The number of benzene rings is 2. The lowest BCUT2D eigenvalue weighted by Gasteiger charge is -2.32. The van der Waals surface area contributed by atoms with Crippen molar-refractivity contribution in [1.82, 2.24) is 14.9 Å². The van der Waals surface area contributed by atoms with Gasteiger partial charge in [-0.3, -0.25) is 9.36 Å². The van der Waals surface area contributed by atoms with Crippen LogP contribution in [0.2, 0.25) is 0 Å². The van der Waals surface area contributed by atoms with Gasteiger partial charge in [-0.15, -0.1) is 0 Å². The second kappa shape index (κ2) is 6.01. The van der Waals surface area contributed by atoms with Crippen molar-refractivity contribution in [1.29, 1.82) is 0 Å². The molecule has 1 fully saturated rings. The van der Waals surface area contributed by atoms with E-state index in [1.807, 2.05) is 12.1 Å². The SMILES string of the molecule is Cc1ccc(C)c(-n2cnc3cc(C(=O)N[C@@H]4CC[C@H]4O)ccc32)c1. The van der Waals surface area contributed by atoms with Gasteiger partial charge in [-0.2, -0.15) is 0 Å². The van der Waals surface area contributed by atoms with Crippen LogP contribution in [-0.2, 0) is 0 Å². The van der Waals surface area contributed by atoms with Gasteiger partial charge in [0.25, 0.3) is 5.91 Å². The summed E-state index contributed by atoms with van der Waals surface area (Å²) in [5.41, 5.74) is 5.77. The molecule has 0 aliphatic heterocycles. The number of nitrogens with zero attached hydrogens (tertiary/aromatic N) is 2. The number of hydrogen-bond donors (Lipinski definition) is 2. The molecular weight excluding hydrogens is 314 g/mol. The number of aromatic nitrogens is 2. The van der Waals surface area contributed by atoms with E-state index in [2.05, 4.69) is 46.9 Å². The van der Waals surface area contributed by atoms with Crippen molar-refractivity contribution in [2.24, 2.45) is 0 Å². The zero-order chi connectivity index (χ0) is 17.6. The molecule has 0 spiro atoms. The van der Waals surface area contributed by atoms with Crippen LogP contribution in [0.25, 0.3) is 16.7 Å². The summed E-state index contributed by atoms with van der Waals surface area (Å²) in [7, 11) is 0. The number of imidazole rings is 1. The van der Waals surface area contributed by atoms with Crippen molar-refractivity contribution in [3.05, 3.63) is 59.4 Å². The average Bonchev–Trinajstić information content (AvgIpc) is 3.03. The molecule has 0 bridgehead atoms. The molecule has 2 atom stereocenters. The monoisotopic (exact) mass is 335 g/mol. The largest absolute Gasteiger partial charge is 0.391 e. The van der Waals surface area contributed by atoms with Crippen molar-refractivity contribution in [2.75, 3.05) is 0 Å². The number of amides is 1.